The molecule has 0 spiro atoms. The molecule has 6 heteroatoms. The average Bonchev–Trinajstić information content (AvgIpc) is 2.35. The number of nitrogens with zero attached hydrogens (tertiary/aromatic N) is 1. The third-order valence-electron chi connectivity index (χ3n) is 3.10. The third-order valence-corrected chi connectivity index (χ3v) is 3.79. The zero-order chi connectivity index (χ0) is 13.1. The van der Waals surface area contributed by atoms with E-state index in [-0.39, 0.29) is 22.1 Å². The Kier molecular flexibility index (Phi) is 4.43. The number of rotatable bonds is 2. The number of pyridine rings is 1. The maximum absolute atomic E-state index is 12.0. The zero-order valence-electron chi connectivity index (χ0n) is 9.70. The van der Waals surface area contributed by atoms with Gasteiger partial charge in [-0.3, -0.25) is 4.79 Å². The largest absolute Gasteiger partial charge is 0.391 e. The maximum Gasteiger partial charge on any atom is 0.253 e. The fourth-order valence-corrected chi connectivity index (χ4v) is 2.35. The van der Waals surface area contributed by atoms with Crippen molar-refractivity contribution in [3.05, 3.63) is 28.0 Å². The van der Waals surface area contributed by atoms with Gasteiger partial charge in [0.15, 0.2) is 0 Å². The molecule has 1 amide bonds. The Labute approximate surface area is 115 Å². The zero-order valence-corrected chi connectivity index (χ0v) is 11.2. The molecule has 0 radical (unpaired) electrons. The monoisotopic (exact) mass is 288 g/mol. The molecule has 18 heavy (non-hydrogen) atoms. The molecule has 1 aromatic heterocycles. The van der Waals surface area contributed by atoms with Gasteiger partial charge in [-0.15, -0.1) is 0 Å². The molecule has 4 nitrogen and oxygen atoms in total. The van der Waals surface area contributed by atoms with Crippen LogP contribution in [0, 0.1) is 0 Å². The number of aromatic nitrogens is 1. The van der Waals surface area contributed by atoms with Gasteiger partial charge in [0.1, 0.15) is 5.15 Å². The highest BCUT2D eigenvalue weighted by Gasteiger charge is 2.25. The minimum atomic E-state index is -0.474. The van der Waals surface area contributed by atoms with Crippen LogP contribution in [0.2, 0.25) is 10.2 Å². The summed E-state index contributed by atoms with van der Waals surface area (Å²) in [6, 6.07) is 1.28. The maximum atomic E-state index is 12.0. The molecule has 0 aliphatic heterocycles. The van der Waals surface area contributed by atoms with Crippen LogP contribution in [0.25, 0.3) is 0 Å². The molecule has 0 unspecified atom stereocenters. The summed E-state index contributed by atoms with van der Waals surface area (Å²) in [6.45, 7) is 0. The van der Waals surface area contributed by atoms with Gasteiger partial charge >= 0.3 is 0 Å². The van der Waals surface area contributed by atoms with E-state index in [0.29, 0.717) is 5.56 Å². The van der Waals surface area contributed by atoms with Crippen LogP contribution in [-0.4, -0.2) is 28.1 Å². The van der Waals surface area contributed by atoms with Crippen molar-refractivity contribution in [2.75, 3.05) is 0 Å². The van der Waals surface area contributed by atoms with E-state index in [0.717, 1.165) is 25.7 Å². The summed E-state index contributed by atoms with van der Waals surface area (Å²) < 4.78 is 0. The van der Waals surface area contributed by atoms with E-state index < -0.39 is 6.10 Å². The lowest BCUT2D eigenvalue weighted by Gasteiger charge is -2.28. The topological polar surface area (TPSA) is 62.2 Å². The predicted octanol–water partition coefficient (Wildman–Crippen LogP) is 2.42. The van der Waals surface area contributed by atoms with Gasteiger partial charge in [0.2, 0.25) is 0 Å². The van der Waals surface area contributed by atoms with Crippen molar-refractivity contribution in [2.45, 2.75) is 37.8 Å². The summed E-state index contributed by atoms with van der Waals surface area (Å²) in [5.41, 5.74) is 0.349. The molecule has 2 rings (SSSR count). The third kappa shape index (κ3) is 3.13. The highest BCUT2D eigenvalue weighted by atomic mass is 35.5. The number of aliphatic hydroxyl groups is 1. The van der Waals surface area contributed by atoms with Crippen molar-refractivity contribution in [3.8, 4) is 0 Å². The first kappa shape index (κ1) is 13.6. The highest BCUT2D eigenvalue weighted by molar-refractivity contribution is 6.41. The van der Waals surface area contributed by atoms with E-state index in [1.807, 2.05) is 0 Å². The number of carbonyl (C=O) groups is 1. The second-order valence-electron chi connectivity index (χ2n) is 4.43. The summed E-state index contributed by atoms with van der Waals surface area (Å²) >= 11 is 11.5. The molecule has 2 N–H and O–H groups in total. The van der Waals surface area contributed by atoms with Crippen molar-refractivity contribution in [2.24, 2.45) is 0 Å². The molecule has 0 aromatic carbocycles. The molecule has 1 aliphatic rings. The number of halogens is 2. The summed E-state index contributed by atoms with van der Waals surface area (Å²) in [6.07, 6.45) is 4.44. The van der Waals surface area contributed by atoms with Crippen molar-refractivity contribution in [3.63, 3.8) is 0 Å². The molecule has 1 aliphatic carbocycles. The van der Waals surface area contributed by atoms with Gasteiger partial charge in [-0.25, -0.2) is 4.98 Å². The summed E-state index contributed by atoms with van der Waals surface area (Å²) in [7, 11) is 0. The van der Waals surface area contributed by atoms with Crippen LogP contribution in [0.4, 0.5) is 0 Å². The van der Waals surface area contributed by atoms with Gasteiger partial charge in [-0.2, -0.15) is 0 Å². The molecule has 2 atom stereocenters. The van der Waals surface area contributed by atoms with Gasteiger partial charge in [0, 0.05) is 6.20 Å². The van der Waals surface area contributed by atoms with Crippen LogP contribution in [0.5, 0.6) is 0 Å². The fourth-order valence-electron chi connectivity index (χ4n) is 2.08. The second-order valence-corrected chi connectivity index (χ2v) is 5.19. The molecular formula is C12H14Cl2N2O2. The Bertz CT molecular complexity index is 454. The molecule has 1 aromatic rings. The van der Waals surface area contributed by atoms with Gasteiger partial charge < -0.3 is 10.4 Å². The number of amides is 1. The first-order valence-electron chi connectivity index (χ1n) is 5.88. The Balaban J connectivity index is 2.04. The highest BCUT2D eigenvalue weighted by Crippen LogP contribution is 2.21. The minimum Gasteiger partial charge on any atom is -0.391 e. The van der Waals surface area contributed by atoms with E-state index in [2.05, 4.69) is 10.3 Å². The summed E-state index contributed by atoms with van der Waals surface area (Å²) in [4.78, 5) is 15.8. The molecule has 98 valence electrons. The minimum absolute atomic E-state index is 0.172. The van der Waals surface area contributed by atoms with Crippen LogP contribution in [0.3, 0.4) is 0 Å². The standard InChI is InChI=1S/C12H14Cl2N2O2/c13-8-5-7(6-15-11(8)14)12(18)16-9-3-1-2-4-10(9)17/h5-6,9-10,17H,1-4H2,(H,16,18)/t9-,10-/m1/s1. The number of nitrogens with one attached hydrogen (secondary N) is 1. The number of hydrogen-bond acceptors (Lipinski definition) is 3. The Morgan fingerprint density at radius 2 is 2.11 bits per heavy atom. The van der Waals surface area contributed by atoms with Gasteiger partial charge in [0.25, 0.3) is 5.91 Å². The van der Waals surface area contributed by atoms with E-state index in [4.69, 9.17) is 23.2 Å². The van der Waals surface area contributed by atoms with E-state index in [1.165, 1.54) is 12.3 Å². The van der Waals surface area contributed by atoms with E-state index in [9.17, 15) is 9.90 Å². The van der Waals surface area contributed by atoms with Crippen LogP contribution in [-0.2, 0) is 0 Å². The summed E-state index contributed by atoms with van der Waals surface area (Å²) in [5, 5.41) is 13.0. The first-order chi connectivity index (χ1) is 8.58. The van der Waals surface area contributed by atoms with E-state index in [1.54, 1.807) is 0 Å². The molecule has 1 saturated carbocycles. The van der Waals surface area contributed by atoms with E-state index >= 15 is 0 Å². The average molecular weight is 289 g/mol. The number of carbonyl (C=O) groups excluding carboxylic acids is 1. The quantitative estimate of drug-likeness (QED) is 0.822. The van der Waals surface area contributed by atoms with Gasteiger partial charge in [-0.1, -0.05) is 36.0 Å². The smallest absolute Gasteiger partial charge is 0.253 e. The Morgan fingerprint density at radius 3 is 2.78 bits per heavy atom. The lowest BCUT2D eigenvalue weighted by molar-refractivity contribution is 0.0717. The van der Waals surface area contributed by atoms with Gasteiger partial charge in [0.05, 0.1) is 22.7 Å². The molecule has 1 fully saturated rings. The van der Waals surface area contributed by atoms with Crippen molar-refractivity contribution in [1.82, 2.24) is 10.3 Å². The Morgan fingerprint density at radius 1 is 1.39 bits per heavy atom. The Hall–Kier alpha value is -0.840. The van der Waals surface area contributed by atoms with Crippen molar-refractivity contribution >= 4 is 29.1 Å². The lowest BCUT2D eigenvalue weighted by atomic mass is 9.92. The molecular weight excluding hydrogens is 275 g/mol. The predicted molar refractivity (Wildman–Crippen MR) is 70.0 cm³/mol. The van der Waals surface area contributed by atoms with Crippen LogP contribution < -0.4 is 5.32 Å². The van der Waals surface area contributed by atoms with Gasteiger partial charge in [-0.05, 0) is 18.9 Å². The van der Waals surface area contributed by atoms with Crippen LogP contribution >= 0.6 is 23.2 Å². The number of aliphatic hydroxyl groups excluding tert-OH is 1. The molecule has 0 bridgehead atoms. The van der Waals surface area contributed by atoms with Crippen LogP contribution in [0.15, 0.2) is 12.3 Å². The molecule has 1 heterocycles. The van der Waals surface area contributed by atoms with Crippen LogP contribution in [0.1, 0.15) is 36.0 Å². The second kappa shape index (κ2) is 5.87. The SMILES string of the molecule is O=C(N[C@@H]1CCCC[C@H]1O)c1cnc(Cl)c(Cl)c1. The summed E-state index contributed by atoms with van der Waals surface area (Å²) in [5.74, 6) is -0.285. The fraction of sp³-hybridized carbons (Fsp3) is 0.500. The van der Waals surface area contributed by atoms with Crippen molar-refractivity contribution < 1.29 is 9.90 Å². The lowest BCUT2D eigenvalue weighted by Crippen LogP contribution is -2.45. The first-order valence-corrected chi connectivity index (χ1v) is 6.63. The van der Waals surface area contributed by atoms with Crippen molar-refractivity contribution in [1.29, 1.82) is 0 Å². The molecule has 0 saturated heterocycles. The normalized spacial score (nSPS) is 23.7. The number of hydrogen-bond donors (Lipinski definition) is 2.